The van der Waals surface area contributed by atoms with E-state index in [-0.39, 0.29) is 11.7 Å². The van der Waals surface area contributed by atoms with Crippen LogP contribution in [0.3, 0.4) is 0 Å². The van der Waals surface area contributed by atoms with Gasteiger partial charge >= 0.3 is 0 Å². The molecule has 0 atom stereocenters. The highest BCUT2D eigenvalue weighted by molar-refractivity contribution is 6.30. The Morgan fingerprint density at radius 3 is 2.46 bits per heavy atom. The van der Waals surface area contributed by atoms with Gasteiger partial charge in [0.25, 0.3) is 0 Å². The summed E-state index contributed by atoms with van der Waals surface area (Å²) in [5.41, 5.74) is 4.75. The highest BCUT2D eigenvalue weighted by atomic mass is 35.5. The van der Waals surface area contributed by atoms with E-state index in [4.69, 9.17) is 11.6 Å². The molecule has 3 nitrogen and oxygen atoms in total. The van der Waals surface area contributed by atoms with Gasteiger partial charge in [-0.3, -0.25) is 4.79 Å². The number of aromatic nitrogens is 1. The van der Waals surface area contributed by atoms with Crippen molar-refractivity contribution in [2.75, 3.05) is 0 Å². The molecule has 0 aliphatic rings. The molecule has 2 aromatic carbocycles. The minimum atomic E-state index is -0.296. The van der Waals surface area contributed by atoms with E-state index in [9.17, 15) is 9.18 Å². The lowest BCUT2D eigenvalue weighted by atomic mass is 10.1. The molecule has 26 heavy (non-hydrogen) atoms. The van der Waals surface area contributed by atoms with Crippen molar-refractivity contribution in [3.63, 3.8) is 0 Å². The van der Waals surface area contributed by atoms with Gasteiger partial charge in [0.15, 0.2) is 0 Å². The molecular formula is C21H20ClFN2O. The average Bonchev–Trinajstić information content (AvgIpc) is 2.57. The number of carbonyl (C=O) groups excluding carboxylic acids is 1. The van der Waals surface area contributed by atoms with Crippen LogP contribution >= 0.6 is 11.6 Å². The number of rotatable bonds is 4. The topological polar surface area (TPSA) is 33.2 Å². The van der Waals surface area contributed by atoms with Crippen LogP contribution in [0.1, 0.15) is 29.2 Å². The predicted octanol–water partition coefficient (Wildman–Crippen LogP) is 5.19. The summed E-state index contributed by atoms with van der Waals surface area (Å²) in [6, 6.07) is 12.3. The second-order valence-electron chi connectivity index (χ2n) is 6.59. The van der Waals surface area contributed by atoms with E-state index >= 15 is 0 Å². The minimum Gasteiger partial charge on any atom is -0.334 e. The van der Waals surface area contributed by atoms with Crippen molar-refractivity contribution >= 4 is 28.4 Å². The molecule has 1 aromatic heterocycles. The summed E-state index contributed by atoms with van der Waals surface area (Å²) >= 11 is 6.39. The molecule has 3 rings (SSSR count). The molecule has 0 bridgehead atoms. The average molecular weight is 371 g/mol. The number of hydrogen-bond donors (Lipinski definition) is 0. The number of fused-ring (bicyclic) bond motifs is 1. The first kappa shape index (κ1) is 18.3. The largest absolute Gasteiger partial charge is 0.334 e. The summed E-state index contributed by atoms with van der Waals surface area (Å²) in [7, 11) is 0. The van der Waals surface area contributed by atoms with E-state index in [0.717, 1.165) is 33.2 Å². The Bertz CT molecular complexity index is 970. The molecule has 3 aromatic rings. The minimum absolute atomic E-state index is 0.0779. The number of halogens is 2. The number of aryl methyl sites for hydroxylation is 2. The smallest absolute Gasteiger partial charge is 0.220 e. The maximum Gasteiger partial charge on any atom is 0.220 e. The monoisotopic (exact) mass is 370 g/mol. The van der Waals surface area contributed by atoms with Crippen LogP contribution in [0.2, 0.25) is 5.15 Å². The van der Waals surface area contributed by atoms with E-state index < -0.39 is 0 Å². The van der Waals surface area contributed by atoms with Crippen LogP contribution in [-0.2, 0) is 17.9 Å². The predicted molar refractivity (Wildman–Crippen MR) is 103 cm³/mol. The van der Waals surface area contributed by atoms with Crippen molar-refractivity contribution in [3.05, 3.63) is 75.7 Å². The van der Waals surface area contributed by atoms with E-state index in [1.807, 2.05) is 19.9 Å². The number of benzene rings is 2. The van der Waals surface area contributed by atoms with Crippen molar-refractivity contribution in [2.24, 2.45) is 0 Å². The first-order chi connectivity index (χ1) is 12.3. The number of pyridine rings is 1. The van der Waals surface area contributed by atoms with Crippen molar-refractivity contribution in [2.45, 2.75) is 33.9 Å². The molecule has 0 N–H and O–H groups in total. The first-order valence-electron chi connectivity index (χ1n) is 8.40. The quantitative estimate of drug-likeness (QED) is 0.592. The number of carbonyl (C=O) groups is 1. The maximum atomic E-state index is 13.1. The molecule has 0 aliphatic carbocycles. The summed E-state index contributed by atoms with van der Waals surface area (Å²) in [5, 5.41) is 1.40. The summed E-state index contributed by atoms with van der Waals surface area (Å²) in [5.74, 6) is -0.374. The Hall–Kier alpha value is -2.46. The summed E-state index contributed by atoms with van der Waals surface area (Å²) in [6.45, 7) is 6.30. The van der Waals surface area contributed by atoms with Crippen LogP contribution in [0.15, 0.2) is 42.5 Å². The van der Waals surface area contributed by atoms with Gasteiger partial charge in [-0.15, -0.1) is 0 Å². The lowest BCUT2D eigenvalue weighted by molar-refractivity contribution is -0.130. The third kappa shape index (κ3) is 4.02. The van der Waals surface area contributed by atoms with Gasteiger partial charge in [0, 0.05) is 31.0 Å². The van der Waals surface area contributed by atoms with Crippen molar-refractivity contribution in [1.82, 2.24) is 9.88 Å². The highest BCUT2D eigenvalue weighted by Crippen LogP contribution is 2.26. The molecule has 0 spiro atoms. The Morgan fingerprint density at radius 1 is 1.12 bits per heavy atom. The van der Waals surface area contributed by atoms with Gasteiger partial charge in [-0.2, -0.15) is 0 Å². The van der Waals surface area contributed by atoms with Crippen molar-refractivity contribution in [1.29, 1.82) is 0 Å². The van der Waals surface area contributed by atoms with Gasteiger partial charge in [0.2, 0.25) is 5.91 Å². The van der Waals surface area contributed by atoms with E-state index in [1.165, 1.54) is 19.1 Å². The van der Waals surface area contributed by atoms with Crippen LogP contribution < -0.4 is 0 Å². The SMILES string of the molecule is CC(=O)N(Cc1ccc(F)cc1)Cc1cc2cc(C)cc(C)c2nc1Cl. The van der Waals surface area contributed by atoms with E-state index in [2.05, 4.69) is 17.1 Å². The zero-order valence-electron chi connectivity index (χ0n) is 15.0. The van der Waals surface area contributed by atoms with Crippen LogP contribution in [0.25, 0.3) is 10.9 Å². The standard InChI is InChI=1S/C21H20ClFN2O/c1-13-8-14(2)20-17(9-13)10-18(21(22)24-20)12-25(15(3)26)11-16-4-6-19(23)7-5-16/h4-10H,11-12H2,1-3H3. The Kier molecular flexibility index (Phi) is 5.23. The third-order valence-corrected chi connectivity index (χ3v) is 4.70. The molecular weight excluding hydrogens is 351 g/mol. The summed E-state index contributed by atoms with van der Waals surface area (Å²) < 4.78 is 13.1. The van der Waals surface area contributed by atoms with Crippen molar-refractivity contribution < 1.29 is 9.18 Å². The van der Waals surface area contributed by atoms with Gasteiger partial charge < -0.3 is 4.90 Å². The molecule has 0 aliphatic heterocycles. The lowest BCUT2D eigenvalue weighted by Crippen LogP contribution is -2.27. The molecule has 0 unspecified atom stereocenters. The fourth-order valence-corrected chi connectivity index (χ4v) is 3.28. The fourth-order valence-electron chi connectivity index (χ4n) is 3.08. The summed E-state index contributed by atoms with van der Waals surface area (Å²) in [6.07, 6.45) is 0. The molecule has 0 radical (unpaired) electrons. The second kappa shape index (κ2) is 7.42. The number of amides is 1. The Balaban J connectivity index is 1.92. The van der Waals surface area contributed by atoms with Crippen LogP contribution in [-0.4, -0.2) is 15.8 Å². The molecule has 1 heterocycles. The van der Waals surface area contributed by atoms with Crippen LogP contribution in [0.4, 0.5) is 4.39 Å². The number of hydrogen-bond acceptors (Lipinski definition) is 2. The summed E-state index contributed by atoms with van der Waals surface area (Å²) in [4.78, 5) is 18.3. The van der Waals surface area contributed by atoms with Crippen molar-refractivity contribution in [3.8, 4) is 0 Å². The first-order valence-corrected chi connectivity index (χ1v) is 8.77. The lowest BCUT2D eigenvalue weighted by Gasteiger charge is -2.22. The normalized spacial score (nSPS) is 11.0. The second-order valence-corrected chi connectivity index (χ2v) is 6.95. The van der Waals surface area contributed by atoms with Gasteiger partial charge in [-0.25, -0.2) is 9.37 Å². The van der Waals surface area contributed by atoms with E-state index in [1.54, 1.807) is 17.0 Å². The fraction of sp³-hybridized carbons (Fsp3) is 0.238. The Labute approximate surface area is 157 Å². The Morgan fingerprint density at radius 2 is 1.81 bits per heavy atom. The maximum absolute atomic E-state index is 13.1. The van der Waals surface area contributed by atoms with E-state index in [0.29, 0.717) is 18.2 Å². The van der Waals surface area contributed by atoms with Gasteiger partial charge in [-0.05, 0) is 49.2 Å². The number of nitrogens with zero attached hydrogens (tertiary/aromatic N) is 2. The van der Waals surface area contributed by atoms with Crippen LogP contribution in [0.5, 0.6) is 0 Å². The molecule has 134 valence electrons. The third-order valence-electron chi connectivity index (χ3n) is 4.37. The van der Waals surface area contributed by atoms with Gasteiger partial charge in [-0.1, -0.05) is 35.4 Å². The molecule has 0 saturated carbocycles. The zero-order chi connectivity index (χ0) is 18.8. The van der Waals surface area contributed by atoms with Gasteiger partial charge in [0.05, 0.1) is 5.52 Å². The van der Waals surface area contributed by atoms with Crippen LogP contribution in [0, 0.1) is 19.7 Å². The molecule has 1 amide bonds. The highest BCUT2D eigenvalue weighted by Gasteiger charge is 2.15. The molecule has 5 heteroatoms. The molecule has 0 fully saturated rings. The molecule has 0 saturated heterocycles. The zero-order valence-corrected chi connectivity index (χ0v) is 15.8. The van der Waals surface area contributed by atoms with Gasteiger partial charge in [0.1, 0.15) is 11.0 Å².